The first kappa shape index (κ1) is 16.7. The van der Waals surface area contributed by atoms with Crippen LogP contribution in [0, 0.1) is 0 Å². The zero-order valence-corrected chi connectivity index (χ0v) is 12.9. The van der Waals surface area contributed by atoms with Gasteiger partial charge in [-0.05, 0) is 24.2 Å². The highest BCUT2D eigenvalue weighted by atomic mass is 32.2. The fourth-order valence-corrected chi connectivity index (χ4v) is 2.58. The fourth-order valence-electron chi connectivity index (χ4n) is 1.64. The van der Waals surface area contributed by atoms with Crippen LogP contribution in [0.25, 0.3) is 0 Å². The van der Waals surface area contributed by atoms with Crippen molar-refractivity contribution in [3.05, 3.63) is 23.8 Å². The summed E-state index contributed by atoms with van der Waals surface area (Å²) in [6, 6.07) is 5.31. The van der Waals surface area contributed by atoms with Crippen LogP contribution >= 0.6 is 0 Å². The Balaban J connectivity index is 2.61. The van der Waals surface area contributed by atoms with E-state index in [2.05, 4.69) is 10.0 Å². The molecule has 2 N–H and O–H groups in total. The summed E-state index contributed by atoms with van der Waals surface area (Å²) in [5, 5.41) is 2.98. The van der Waals surface area contributed by atoms with Crippen LogP contribution < -0.4 is 19.5 Å². The van der Waals surface area contributed by atoms with Crippen LogP contribution in [0.3, 0.4) is 0 Å². The van der Waals surface area contributed by atoms with Crippen LogP contribution in [-0.4, -0.2) is 41.5 Å². The van der Waals surface area contributed by atoms with E-state index in [1.165, 1.54) is 0 Å². The molecule has 0 atom stereocenters. The molecule has 0 amide bonds. The zero-order valence-electron chi connectivity index (χ0n) is 12.1. The first-order valence-corrected chi connectivity index (χ1v) is 8.06. The van der Waals surface area contributed by atoms with Gasteiger partial charge in [-0.25, -0.2) is 13.1 Å². The van der Waals surface area contributed by atoms with Crippen molar-refractivity contribution in [2.24, 2.45) is 0 Å². The van der Waals surface area contributed by atoms with E-state index in [9.17, 15) is 8.42 Å². The molecule has 0 saturated heterocycles. The lowest BCUT2D eigenvalue weighted by Crippen LogP contribution is -2.31. The third-order valence-corrected chi connectivity index (χ3v) is 4.07. The Bertz CT molecular complexity index is 517. The molecule has 0 saturated carbocycles. The van der Waals surface area contributed by atoms with Gasteiger partial charge in [0.1, 0.15) is 0 Å². The highest BCUT2D eigenvalue weighted by molar-refractivity contribution is 7.89. The number of hydrogen-bond acceptors (Lipinski definition) is 5. The first-order valence-electron chi connectivity index (χ1n) is 6.41. The van der Waals surface area contributed by atoms with Gasteiger partial charge in [-0.15, -0.1) is 0 Å². The van der Waals surface area contributed by atoms with E-state index in [4.69, 9.17) is 9.47 Å². The second-order valence-corrected chi connectivity index (χ2v) is 6.11. The molecule has 0 spiro atoms. The van der Waals surface area contributed by atoms with Crippen molar-refractivity contribution >= 4 is 10.0 Å². The fraction of sp³-hybridized carbons (Fsp3) is 0.538. The molecule has 0 radical (unpaired) electrons. The zero-order chi connectivity index (χ0) is 15.0. The highest BCUT2D eigenvalue weighted by Gasteiger charge is 2.10. The number of rotatable bonds is 9. The third kappa shape index (κ3) is 5.36. The monoisotopic (exact) mass is 302 g/mol. The van der Waals surface area contributed by atoms with E-state index >= 15 is 0 Å². The van der Waals surface area contributed by atoms with Crippen molar-refractivity contribution in [1.29, 1.82) is 0 Å². The first-order chi connectivity index (χ1) is 9.52. The largest absolute Gasteiger partial charge is 0.493 e. The van der Waals surface area contributed by atoms with Gasteiger partial charge in [0.15, 0.2) is 11.5 Å². The van der Waals surface area contributed by atoms with Gasteiger partial charge in [0, 0.05) is 13.1 Å². The maximum atomic E-state index is 11.7. The van der Waals surface area contributed by atoms with Crippen molar-refractivity contribution in [2.45, 2.75) is 13.5 Å². The summed E-state index contributed by atoms with van der Waals surface area (Å²) in [5.74, 6) is 1.26. The van der Waals surface area contributed by atoms with Crippen LogP contribution in [0.2, 0.25) is 0 Å². The second-order valence-electron chi connectivity index (χ2n) is 4.18. The predicted molar refractivity (Wildman–Crippen MR) is 78.7 cm³/mol. The Morgan fingerprint density at radius 2 is 1.85 bits per heavy atom. The molecule has 0 unspecified atom stereocenters. The molecule has 0 aromatic heterocycles. The van der Waals surface area contributed by atoms with Crippen molar-refractivity contribution in [3.8, 4) is 11.5 Å². The van der Waals surface area contributed by atoms with Crippen LogP contribution in [0.4, 0.5) is 0 Å². The summed E-state index contributed by atoms with van der Waals surface area (Å²) >= 11 is 0. The number of ether oxygens (including phenoxy) is 2. The standard InChI is InChI=1S/C13H22N2O4S/c1-4-14-7-8-20(16,17)15-10-11-5-6-12(18-2)13(9-11)19-3/h5-6,9,14-15H,4,7-8,10H2,1-3H3. The minimum atomic E-state index is -3.27. The Morgan fingerprint density at radius 3 is 2.45 bits per heavy atom. The second kappa shape index (κ2) is 8.08. The topological polar surface area (TPSA) is 76.7 Å². The number of benzene rings is 1. The Labute approximate surface area is 120 Å². The molecule has 114 valence electrons. The summed E-state index contributed by atoms with van der Waals surface area (Å²) in [5.41, 5.74) is 0.815. The number of methoxy groups -OCH3 is 2. The predicted octanol–water partition coefficient (Wildman–Crippen LogP) is 0.733. The van der Waals surface area contributed by atoms with E-state index in [0.29, 0.717) is 18.0 Å². The van der Waals surface area contributed by atoms with Crippen LogP contribution in [-0.2, 0) is 16.6 Å². The molecular weight excluding hydrogens is 280 g/mol. The van der Waals surface area contributed by atoms with Gasteiger partial charge in [0.05, 0.1) is 20.0 Å². The molecular formula is C13H22N2O4S. The number of hydrogen-bond donors (Lipinski definition) is 2. The van der Waals surface area contributed by atoms with Crippen molar-refractivity contribution in [3.63, 3.8) is 0 Å². The maximum absolute atomic E-state index is 11.7. The maximum Gasteiger partial charge on any atom is 0.213 e. The molecule has 6 nitrogen and oxygen atoms in total. The summed E-state index contributed by atoms with van der Waals surface area (Å²) in [7, 11) is -0.171. The van der Waals surface area contributed by atoms with Gasteiger partial charge < -0.3 is 14.8 Å². The molecule has 0 heterocycles. The molecule has 1 aromatic carbocycles. The van der Waals surface area contributed by atoms with Gasteiger partial charge in [-0.2, -0.15) is 0 Å². The van der Waals surface area contributed by atoms with Gasteiger partial charge in [0.25, 0.3) is 0 Å². The molecule has 0 aliphatic rings. The summed E-state index contributed by atoms with van der Waals surface area (Å²) in [6.07, 6.45) is 0. The normalized spacial score (nSPS) is 11.3. The van der Waals surface area contributed by atoms with E-state index in [-0.39, 0.29) is 12.3 Å². The van der Waals surface area contributed by atoms with Gasteiger partial charge in [0.2, 0.25) is 10.0 Å². The summed E-state index contributed by atoms with van der Waals surface area (Å²) in [6.45, 7) is 3.36. The SMILES string of the molecule is CCNCCS(=O)(=O)NCc1ccc(OC)c(OC)c1. The Hall–Kier alpha value is -1.31. The van der Waals surface area contributed by atoms with Crippen LogP contribution in [0.1, 0.15) is 12.5 Å². The van der Waals surface area contributed by atoms with Crippen molar-refractivity contribution in [1.82, 2.24) is 10.0 Å². The molecule has 7 heteroatoms. The van der Waals surface area contributed by atoms with Gasteiger partial charge >= 0.3 is 0 Å². The van der Waals surface area contributed by atoms with Gasteiger partial charge in [-0.1, -0.05) is 13.0 Å². The Morgan fingerprint density at radius 1 is 1.15 bits per heavy atom. The quantitative estimate of drug-likeness (QED) is 0.658. The summed E-state index contributed by atoms with van der Waals surface area (Å²) in [4.78, 5) is 0. The molecule has 20 heavy (non-hydrogen) atoms. The lowest BCUT2D eigenvalue weighted by molar-refractivity contribution is 0.354. The average Bonchev–Trinajstić information content (AvgIpc) is 2.45. The minimum Gasteiger partial charge on any atom is -0.493 e. The van der Waals surface area contributed by atoms with Crippen molar-refractivity contribution < 1.29 is 17.9 Å². The number of nitrogens with one attached hydrogen (secondary N) is 2. The van der Waals surface area contributed by atoms with E-state index < -0.39 is 10.0 Å². The lowest BCUT2D eigenvalue weighted by Gasteiger charge is -2.10. The van der Waals surface area contributed by atoms with Crippen LogP contribution in [0.5, 0.6) is 11.5 Å². The molecule has 0 fully saturated rings. The molecule has 1 rings (SSSR count). The van der Waals surface area contributed by atoms with Crippen molar-refractivity contribution in [2.75, 3.05) is 33.1 Å². The third-order valence-electron chi connectivity index (χ3n) is 2.74. The minimum absolute atomic E-state index is 0.0636. The molecule has 0 aliphatic carbocycles. The van der Waals surface area contributed by atoms with E-state index in [1.807, 2.05) is 6.92 Å². The number of sulfonamides is 1. The van der Waals surface area contributed by atoms with Crippen LogP contribution in [0.15, 0.2) is 18.2 Å². The smallest absolute Gasteiger partial charge is 0.213 e. The summed E-state index contributed by atoms with van der Waals surface area (Å²) < 4.78 is 36.4. The van der Waals surface area contributed by atoms with E-state index in [1.54, 1.807) is 32.4 Å². The Kier molecular flexibility index (Phi) is 6.77. The molecule has 0 aliphatic heterocycles. The average molecular weight is 302 g/mol. The van der Waals surface area contributed by atoms with Gasteiger partial charge in [-0.3, -0.25) is 0 Å². The molecule has 1 aromatic rings. The molecule has 0 bridgehead atoms. The lowest BCUT2D eigenvalue weighted by atomic mass is 10.2. The highest BCUT2D eigenvalue weighted by Crippen LogP contribution is 2.27. The van der Waals surface area contributed by atoms with E-state index in [0.717, 1.165) is 12.1 Å².